The van der Waals surface area contributed by atoms with Gasteiger partial charge in [-0.15, -0.1) is 0 Å². The summed E-state index contributed by atoms with van der Waals surface area (Å²) in [6.45, 7) is 13.4. The number of nitrogens with zero attached hydrogens (tertiary/aromatic N) is 6. The second-order valence-electron chi connectivity index (χ2n) is 11.0. The number of amides is 1. The molecule has 0 saturated carbocycles. The van der Waals surface area contributed by atoms with Gasteiger partial charge in [0.1, 0.15) is 17.3 Å². The molecule has 2 atom stereocenters. The Hall–Kier alpha value is -3.46. The van der Waals surface area contributed by atoms with Crippen LogP contribution < -0.4 is 15.5 Å². The van der Waals surface area contributed by atoms with Gasteiger partial charge in [-0.05, 0) is 50.0 Å². The van der Waals surface area contributed by atoms with Crippen molar-refractivity contribution < 1.29 is 9.18 Å². The van der Waals surface area contributed by atoms with Gasteiger partial charge in [-0.25, -0.2) is 18.7 Å². The molecule has 0 N–H and O–H groups in total. The molecule has 40 heavy (non-hydrogen) atoms. The predicted octanol–water partition coefficient (Wildman–Crippen LogP) is 4.72. The van der Waals surface area contributed by atoms with Crippen molar-refractivity contribution in [3.8, 4) is 5.69 Å². The molecule has 1 unspecified atom stereocenters. The number of benzene rings is 1. The molecular weight excluding hydrogens is 531 g/mol. The monoisotopic (exact) mass is 566 g/mol. The Kier molecular flexibility index (Phi) is 7.61. The first-order valence-corrected chi connectivity index (χ1v) is 14.3. The van der Waals surface area contributed by atoms with E-state index in [0.29, 0.717) is 60.3 Å². The van der Waals surface area contributed by atoms with Crippen LogP contribution in [0.1, 0.15) is 45.2 Å². The Morgan fingerprint density at radius 1 is 1.18 bits per heavy atom. The third kappa shape index (κ3) is 4.96. The number of fused-ring (bicyclic) bond motifs is 1. The van der Waals surface area contributed by atoms with Gasteiger partial charge in [-0.1, -0.05) is 50.2 Å². The Morgan fingerprint density at radius 3 is 2.45 bits per heavy atom. The minimum atomic E-state index is -1.34. The molecule has 0 radical (unpaired) electrons. The molecule has 2 aromatic heterocycles. The van der Waals surface area contributed by atoms with Crippen molar-refractivity contribution >= 4 is 40.2 Å². The number of piperazine rings is 1. The van der Waals surface area contributed by atoms with Crippen LogP contribution in [-0.2, 0) is 17.6 Å². The highest BCUT2D eigenvalue weighted by Gasteiger charge is 2.36. The zero-order chi connectivity index (χ0) is 28.8. The molecule has 10 heteroatoms. The quantitative estimate of drug-likeness (QED) is 0.402. The fourth-order valence-electron chi connectivity index (χ4n) is 5.95. The molecule has 0 bridgehead atoms. The highest BCUT2D eigenvalue weighted by atomic mass is 35.5. The summed E-state index contributed by atoms with van der Waals surface area (Å²) in [6, 6.07) is 7.74. The van der Waals surface area contributed by atoms with E-state index in [1.54, 1.807) is 22.5 Å². The Bertz CT molecular complexity index is 1510. The lowest BCUT2D eigenvalue weighted by Gasteiger charge is -2.40. The first-order valence-electron chi connectivity index (χ1n) is 13.9. The summed E-state index contributed by atoms with van der Waals surface area (Å²) in [5.41, 5.74) is 1.47. The summed E-state index contributed by atoms with van der Waals surface area (Å²) in [6.07, 6.45) is 3.14. The van der Waals surface area contributed by atoms with Crippen LogP contribution in [0.2, 0.25) is 5.02 Å². The van der Waals surface area contributed by atoms with Gasteiger partial charge in [-0.2, -0.15) is 4.98 Å². The Balaban J connectivity index is 1.75. The molecule has 0 aliphatic carbocycles. The van der Waals surface area contributed by atoms with Crippen molar-refractivity contribution in [3.05, 3.63) is 63.6 Å². The lowest BCUT2D eigenvalue weighted by atomic mass is 10.0. The SMILES string of the molecule is C=CC(=O)N1CCN(c2nc(=O)n(-c3c(CC)cccc3CC)c3nc(N4CCC(C)(F)C4)c(Cl)cc23)[C@@H](C)C1. The van der Waals surface area contributed by atoms with Crippen LogP contribution >= 0.6 is 11.6 Å². The van der Waals surface area contributed by atoms with Gasteiger partial charge in [0.2, 0.25) is 5.91 Å². The van der Waals surface area contributed by atoms with Crippen molar-refractivity contribution in [1.29, 1.82) is 0 Å². The second kappa shape index (κ2) is 10.8. The fourth-order valence-corrected chi connectivity index (χ4v) is 6.22. The molecule has 2 aliphatic heterocycles. The number of aromatic nitrogens is 3. The van der Waals surface area contributed by atoms with Gasteiger partial charge in [0, 0.05) is 38.6 Å². The number of pyridine rings is 1. The van der Waals surface area contributed by atoms with Crippen molar-refractivity contribution in [2.45, 2.75) is 58.7 Å². The molecule has 1 aromatic carbocycles. The van der Waals surface area contributed by atoms with E-state index in [-0.39, 0.29) is 18.5 Å². The third-order valence-electron chi connectivity index (χ3n) is 8.08. The van der Waals surface area contributed by atoms with Crippen LogP contribution in [0.25, 0.3) is 16.7 Å². The van der Waals surface area contributed by atoms with E-state index in [4.69, 9.17) is 16.6 Å². The maximum atomic E-state index is 14.8. The van der Waals surface area contributed by atoms with E-state index < -0.39 is 11.4 Å². The standard InChI is InChI=1S/C30H36ClFN6O2/c1-6-20-10-9-11-21(7-2)25(20)38-27-22(16-23(31)28(33-27)36-13-12-30(5,32)18-36)26(34-29(38)40)37-15-14-35(17-19(37)4)24(39)8-3/h8-11,16,19H,3,6-7,12-15,17-18H2,1-2,4-5H3/t19-,30?/m0/s1. The molecular formula is C30H36ClFN6O2. The summed E-state index contributed by atoms with van der Waals surface area (Å²) >= 11 is 6.84. The molecule has 1 amide bonds. The number of aryl methyl sites for hydroxylation is 2. The summed E-state index contributed by atoms with van der Waals surface area (Å²) in [4.78, 5) is 41.5. The predicted molar refractivity (Wildman–Crippen MR) is 159 cm³/mol. The average Bonchev–Trinajstić information content (AvgIpc) is 3.30. The van der Waals surface area contributed by atoms with Gasteiger partial charge < -0.3 is 14.7 Å². The number of hydrogen-bond acceptors (Lipinski definition) is 6. The molecule has 2 fully saturated rings. The van der Waals surface area contributed by atoms with Crippen LogP contribution in [0, 0.1) is 0 Å². The Labute approximate surface area is 239 Å². The number of halogens is 2. The molecule has 8 nitrogen and oxygen atoms in total. The Morgan fingerprint density at radius 2 is 1.88 bits per heavy atom. The molecule has 3 aromatic rings. The van der Waals surface area contributed by atoms with E-state index in [9.17, 15) is 14.0 Å². The van der Waals surface area contributed by atoms with Gasteiger partial charge in [-0.3, -0.25) is 4.79 Å². The van der Waals surface area contributed by atoms with Crippen LogP contribution in [0.5, 0.6) is 0 Å². The van der Waals surface area contributed by atoms with Gasteiger partial charge in [0.05, 0.1) is 22.6 Å². The third-order valence-corrected chi connectivity index (χ3v) is 8.36. The number of para-hydroxylation sites is 1. The number of alkyl halides is 1. The minimum Gasteiger partial charge on any atom is -0.352 e. The summed E-state index contributed by atoms with van der Waals surface area (Å²) in [5, 5.41) is 1.02. The van der Waals surface area contributed by atoms with Gasteiger partial charge in [0.25, 0.3) is 0 Å². The first-order chi connectivity index (χ1) is 19.1. The topological polar surface area (TPSA) is 74.6 Å². The molecule has 2 aliphatic rings. The van der Waals surface area contributed by atoms with E-state index in [2.05, 4.69) is 25.4 Å². The van der Waals surface area contributed by atoms with E-state index in [1.165, 1.54) is 6.08 Å². The van der Waals surface area contributed by atoms with E-state index >= 15 is 0 Å². The number of anilines is 2. The molecule has 2 saturated heterocycles. The van der Waals surface area contributed by atoms with Crippen LogP contribution in [-0.4, -0.2) is 69.8 Å². The normalized spacial score (nSPS) is 21.4. The number of hydrogen-bond donors (Lipinski definition) is 0. The van der Waals surface area contributed by atoms with Crippen LogP contribution in [0.15, 0.2) is 41.7 Å². The van der Waals surface area contributed by atoms with E-state index in [0.717, 1.165) is 29.7 Å². The number of rotatable bonds is 6. The lowest BCUT2D eigenvalue weighted by molar-refractivity contribution is -0.126. The summed E-state index contributed by atoms with van der Waals surface area (Å²) < 4.78 is 16.4. The highest BCUT2D eigenvalue weighted by molar-refractivity contribution is 6.33. The zero-order valence-corrected chi connectivity index (χ0v) is 24.3. The smallest absolute Gasteiger partial charge is 0.352 e. The van der Waals surface area contributed by atoms with Crippen LogP contribution in [0.4, 0.5) is 16.0 Å². The highest BCUT2D eigenvalue weighted by Crippen LogP contribution is 2.37. The van der Waals surface area contributed by atoms with Gasteiger partial charge >= 0.3 is 5.69 Å². The summed E-state index contributed by atoms with van der Waals surface area (Å²) in [7, 11) is 0. The average molecular weight is 567 g/mol. The number of carbonyl (C=O) groups is 1. The summed E-state index contributed by atoms with van der Waals surface area (Å²) in [5.74, 6) is 0.823. The molecule has 4 heterocycles. The van der Waals surface area contributed by atoms with Crippen molar-refractivity contribution in [2.24, 2.45) is 0 Å². The van der Waals surface area contributed by atoms with Crippen molar-refractivity contribution in [1.82, 2.24) is 19.4 Å². The lowest BCUT2D eigenvalue weighted by Crippen LogP contribution is -2.54. The number of carbonyl (C=O) groups excluding carboxylic acids is 1. The molecule has 5 rings (SSSR count). The second-order valence-corrected chi connectivity index (χ2v) is 11.4. The maximum Gasteiger partial charge on any atom is 0.355 e. The van der Waals surface area contributed by atoms with E-state index in [1.807, 2.05) is 34.9 Å². The van der Waals surface area contributed by atoms with Crippen LogP contribution in [0.3, 0.4) is 0 Å². The minimum absolute atomic E-state index is 0.109. The van der Waals surface area contributed by atoms with Gasteiger partial charge in [0.15, 0.2) is 5.65 Å². The maximum absolute atomic E-state index is 14.8. The molecule has 212 valence electrons. The fraction of sp³-hybridized carbons (Fsp3) is 0.467. The van der Waals surface area contributed by atoms with Crippen molar-refractivity contribution in [3.63, 3.8) is 0 Å². The first kappa shape index (κ1) is 28.1. The molecule has 0 spiro atoms. The zero-order valence-electron chi connectivity index (χ0n) is 23.6. The van der Waals surface area contributed by atoms with Crippen molar-refractivity contribution in [2.75, 3.05) is 42.5 Å². The largest absolute Gasteiger partial charge is 0.355 e.